The lowest BCUT2D eigenvalue weighted by Gasteiger charge is -2.25. The Morgan fingerprint density at radius 1 is 0.659 bits per heavy atom. The monoisotopic (exact) mass is 551 g/mol. The maximum atomic E-state index is 5.90. The van der Waals surface area contributed by atoms with Crippen LogP contribution in [0.5, 0.6) is 0 Å². The summed E-state index contributed by atoms with van der Waals surface area (Å²) in [6.07, 6.45) is 16.7. The lowest BCUT2D eigenvalue weighted by molar-refractivity contribution is 0.0240. The highest BCUT2D eigenvalue weighted by Crippen LogP contribution is 2.15. The van der Waals surface area contributed by atoms with E-state index in [0.717, 1.165) is 55.1 Å². The molecule has 0 saturated carbocycles. The van der Waals surface area contributed by atoms with Crippen LogP contribution in [0.15, 0.2) is 78.4 Å². The molecule has 2 aliphatic rings. The maximum absolute atomic E-state index is 5.90. The van der Waals surface area contributed by atoms with Gasteiger partial charge in [-0.2, -0.15) is 0 Å². The number of terminal acetylenes is 1. The molecule has 0 N–H and O–H groups in total. The van der Waals surface area contributed by atoms with Crippen molar-refractivity contribution in [1.82, 2.24) is 4.90 Å². The number of benzene rings is 2. The van der Waals surface area contributed by atoms with E-state index in [-0.39, 0.29) is 0 Å². The van der Waals surface area contributed by atoms with Gasteiger partial charge in [0, 0.05) is 60.7 Å². The highest BCUT2D eigenvalue weighted by Gasteiger charge is 2.12. The molecule has 0 radical (unpaired) electrons. The van der Waals surface area contributed by atoms with E-state index in [1.54, 1.807) is 0 Å². The molecule has 0 atom stereocenters. The quantitative estimate of drug-likeness (QED) is 0.423. The molecule has 1 aliphatic heterocycles. The fraction of sp³-hybridized carbons (Fsp3) is 0.371. The summed E-state index contributed by atoms with van der Waals surface area (Å²) in [6, 6.07) is 16.0. The van der Waals surface area contributed by atoms with Gasteiger partial charge in [-0.25, -0.2) is 0 Å². The van der Waals surface area contributed by atoms with Gasteiger partial charge in [0.25, 0.3) is 0 Å². The van der Waals surface area contributed by atoms with Crippen LogP contribution in [-0.4, -0.2) is 90.5 Å². The second-order valence-corrected chi connectivity index (χ2v) is 9.64. The zero-order chi connectivity index (χ0) is 28.4. The molecule has 2 aromatic carbocycles. The molecule has 2 aromatic rings. The third-order valence-electron chi connectivity index (χ3n) is 6.67. The third kappa shape index (κ3) is 11.4. The van der Waals surface area contributed by atoms with Crippen LogP contribution < -0.4 is 4.90 Å². The molecule has 0 unspecified atom stereocenters. The van der Waals surface area contributed by atoms with Crippen molar-refractivity contribution in [1.29, 1.82) is 0 Å². The summed E-state index contributed by atoms with van der Waals surface area (Å²) in [4.78, 5) is 4.62. The van der Waals surface area contributed by atoms with E-state index in [4.69, 9.17) is 25.4 Å². The van der Waals surface area contributed by atoms with Gasteiger partial charge in [0.05, 0.1) is 71.0 Å². The van der Waals surface area contributed by atoms with Gasteiger partial charge in [-0.15, -0.1) is 6.42 Å². The number of rotatable bonds is 3. The normalized spacial score (nSPS) is 18.1. The number of nitrogens with zero attached hydrogens (tertiary/aromatic N) is 2. The summed E-state index contributed by atoms with van der Waals surface area (Å²) >= 11 is 0. The zero-order valence-corrected chi connectivity index (χ0v) is 23.7. The van der Waals surface area contributed by atoms with E-state index < -0.39 is 0 Å². The van der Waals surface area contributed by atoms with Crippen molar-refractivity contribution in [3.8, 4) is 24.2 Å². The van der Waals surface area contributed by atoms with Gasteiger partial charge in [-0.1, -0.05) is 17.8 Å². The Morgan fingerprint density at radius 3 is 1.68 bits per heavy atom. The van der Waals surface area contributed by atoms with E-state index >= 15 is 0 Å². The van der Waals surface area contributed by atoms with Crippen molar-refractivity contribution < 1.29 is 18.9 Å². The van der Waals surface area contributed by atoms with E-state index in [9.17, 15) is 0 Å². The van der Waals surface area contributed by atoms with Crippen LogP contribution in [0, 0.1) is 30.3 Å². The second kappa shape index (κ2) is 17.9. The molecule has 6 nitrogen and oxygen atoms in total. The molecule has 212 valence electrons. The number of ether oxygens (including phenoxy) is 4. The first-order valence-electron chi connectivity index (χ1n) is 14.2. The van der Waals surface area contributed by atoms with Crippen LogP contribution in [0.1, 0.15) is 16.7 Å². The Morgan fingerprint density at radius 2 is 1.17 bits per heavy atom. The summed E-state index contributed by atoms with van der Waals surface area (Å²) in [7, 11) is 0. The standard InChI is InChI=1S/C35H39N2O4/c1-2-31-8-10-32(11-9-31)12-13-33-14-16-35(17-15-33)37-20-24-40-28-26-38-22-18-36(30-34-6-4-3-5-7-34)19-23-39-27-29-41-25-21-37/h1,3-4,6-11,14-17H,18-30H2/q+1. The van der Waals surface area contributed by atoms with Crippen molar-refractivity contribution in [2.24, 2.45) is 0 Å². The van der Waals surface area contributed by atoms with Crippen LogP contribution in [0.3, 0.4) is 0 Å². The van der Waals surface area contributed by atoms with Gasteiger partial charge < -0.3 is 23.8 Å². The number of anilines is 1. The summed E-state index contributed by atoms with van der Waals surface area (Å²) in [6.45, 7) is 8.84. The van der Waals surface area contributed by atoms with E-state index in [0.29, 0.717) is 52.9 Å². The second-order valence-electron chi connectivity index (χ2n) is 9.64. The highest BCUT2D eigenvalue weighted by atomic mass is 16.5. The molecule has 0 bridgehead atoms. The Hall–Kier alpha value is -3.71. The molecule has 0 amide bonds. The fourth-order valence-corrected chi connectivity index (χ4v) is 4.36. The van der Waals surface area contributed by atoms with Crippen molar-refractivity contribution in [2.45, 2.75) is 0 Å². The summed E-state index contributed by atoms with van der Waals surface area (Å²) in [5.74, 6) is 9.06. The average molecular weight is 552 g/mol. The van der Waals surface area contributed by atoms with Gasteiger partial charge >= 0.3 is 0 Å². The Kier molecular flexibility index (Phi) is 13.2. The first kappa shape index (κ1) is 30.3. The highest BCUT2D eigenvalue weighted by molar-refractivity contribution is 5.52. The summed E-state index contributed by atoms with van der Waals surface area (Å²) in [5, 5.41) is 0. The summed E-state index contributed by atoms with van der Waals surface area (Å²) in [5.41, 5.74) is 5.09. The Balaban J connectivity index is 1.26. The lowest BCUT2D eigenvalue weighted by atomic mass is 10.1. The lowest BCUT2D eigenvalue weighted by Crippen LogP contribution is -2.34. The molecule has 0 aromatic heterocycles. The molecule has 1 heterocycles. The number of hydrogen-bond acceptors (Lipinski definition) is 6. The van der Waals surface area contributed by atoms with Crippen molar-refractivity contribution >= 4 is 5.69 Å². The van der Waals surface area contributed by atoms with Gasteiger partial charge in [-0.3, -0.25) is 4.90 Å². The van der Waals surface area contributed by atoms with E-state index in [1.165, 1.54) is 5.57 Å². The topological polar surface area (TPSA) is 43.4 Å². The van der Waals surface area contributed by atoms with E-state index in [2.05, 4.69) is 51.8 Å². The van der Waals surface area contributed by atoms with Gasteiger partial charge in [0.15, 0.2) is 0 Å². The largest absolute Gasteiger partial charge is 0.378 e. The first-order chi connectivity index (χ1) is 20.3. The van der Waals surface area contributed by atoms with Gasteiger partial charge in [0.2, 0.25) is 0 Å². The average Bonchev–Trinajstić information content (AvgIpc) is 3.02. The molecular weight excluding hydrogens is 512 g/mol. The van der Waals surface area contributed by atoms with Crippen molar-refractivity contribution in [2.75, 3.05) is 90.5 Å². The molecular formula is C35H39N2O4+. The van der Waals surface area contributed by atoms with Gasteiger partial charge in [-0.05, 0) is 48.5 Å². The number of hydrogen-bond donors (Lipinski definition) is 0. The molecule has 0 spiro atoms. The molecule has 1 fully saturated rings. The minimum absolute atomic E-state index is 0.567. The smallest absolute Gasteiger partial charge is 0.107 e. The molecule has 41 heavy (non-hydrogen) atoms. The molecule has 4 rings (SSSR count). The van der Waals surface area contributed by atoms with E-state index in [1.807, 2.05) is 54.6 Å². The zero-order valence-electron chi connectivity index (χ0n) is 23.7. The van der Waals surface area contributed by atoms with Crippen LogP contribution in [-0.2, 0) is 18.9 Å². The minimum atomic E-state index is 0.567. The van der Waals surface area contributed by atoms with Crippen molar-refractivity contribution in [3.05, 3.63) is 101 Å². The van der Waals surface area contributed by atoms with Crippen LogP contribution >= 0.6 is 0 Å². The Bertz CT molecular complexity index is 1230. The fourth-order valence-electron chi connectivity index (χ4n) is 4.36. The van der Waals surface area contributed by atoms with Crippen LogP contribution in [0.2, 0.25) is 0 Å². The molecule has 6 heteroatoms. The molecule has 1 saturated heterocycles. The predicted molar refractivity (Wildman–Crippen MR) is 164 cm³/mol. The molecule has 1 aliphatic carbocycles. The SMILES string of the molecule is C#Cc1ccc(C#Cc2ccc(N3CCOCCOCCN(CC4=CC=C[C+]=C4)CCOCCOCC3)cc2)cc1. The Labute approximate surface area is 245 Å². The van der Waals surface area contributed by atoms with Crippen molar-refractivity contribution in [3.63, 3.8) is 0 Å². The predicted octanol–water partition coefficient (Wildman–Crippen LogP) is 4.11. The summed E-state index contributed by atoms with van der Waals surface area (Å²) < 4.78 is 23.5. The maximum Gasteiger partial charge on any atom is 0.107 e. The first-order valence-corrected chi connectivity index (χ1v) is 14.2. The van der Waals surface area contributed by atoms with Gasteiger partial charge in [0.1, 0.15) is 12.2 Å². The third-order valence-corrected chi connectivity index (χ3v) is 6.67. The van der Waals surface area contributed by atoms with Crippen LogP contribution in [0.25, 0.3) is 0 Å². The number of allylic oxidation sites excluding steroid dienone is 4. The van der Waals surface area contributed by atoms with Crippen LogP contribution in [0.4, 0.5) is 5.69 Å². The minimum Gasteiger partial charge on any atom is -0.378 e.